The molecule has 1 saturated heterocycles. The van der Waals surface area contributed by atoms with Crippen LogP contribution in [0.1, 0.15) is 18.4 Å². The predicted octanol–water partition coefficient (Wildman–Crippen LogP) is 2.06. The highest BCUT2D eigenvalue weighted by Gasteiger charge is 2.30. The van der Waals surface area contributed by atoms with Crippen molar-refractivity contribution in [3.63, 3.8) is 0 Å². The number of para-hydroxylation sites is 1. The smallest absolute Gasteiger partial charge is 0.159 e. The van der Waals surface area contributed by atoms with Crippen LogP contribution in [0, 0.1) is 5.41 Å². The van der Waals surface area contributed by atoms with E-state index in [4.69, 9.17) is 10.1 Å². The molecule has 0 aromatic heterocycles. The lowest BCUT2D eigenvalue weighted by atomic mass is 10.1. The van der Waals surface area contributed by atoms with E-state index in [0.29, 0.717) is 5.84 Å². The minimum absolute atomic E-state index is 0.0597. The number of fused-ring (bicyclic) bond motifs is 1. The third-order valence-corrected chi connectivity index (χ3v) is 3.40. The zero-order chi connectivity index (χ0) is 11.0. The van der Waals surface area contributed by atoms with Gasteiger partial charge in [0.05, 0.1) is 0 Å². The molecule has 2 aliphatic rings. The summed E-state index contributed by atoms with van der Waals surface area (Å²) in [4.78, 5) is 2.15. The summed E-state index contributed by atoms with van der Waals surface area (Å²) in [5.74, 6) is 1.62. The number of hydrogen-bond acceptors (Lipinski definition) is 2. The van der Waals surface area contributed by atoms with Crippen LogP contribution in [0.5, 0.6) is 5.75 Å². The normalized spacial score (nSPS) is 23.0. The van der Waals surface area contributed by atoms with Crippen molar-refractivity contribution in [3.8, 4) is 5.75 Å². The molecule has 1 aromatic rings. The van der Waals surface area contributed by atoms with E-state index in [1.165, 1.54) is 18.4 Å². The summed E-state index contributed by atoms with van der Waals surface area (Å²) < 4.78 is 5.81. The van der Waals surface area contributed by atoms with Gasteiger partial charge in [-0.2, -0.15) is 0 Å². The van der Waals surface area contributed by atoms with Gasteiger partial charge >= 0.3 is 0 Å². The van der Waals surface area contributed by atoms with Gasteiger partial charge in [0, 0.05) is 19.5 Å². The maximum atomic E-state index is 8.16. The van der Waals surface area contributed by atoms with Crippen LogP contribution in [0.4, 0.5) is 0 Å². The van der Waals surface area contributed by atoms with Crippen LogP contribution in [0.3, 0.4) is 0 Å². The molecule has 2 heterocycles. The maximum absolute atomic E-state index is 8.16. The second-order valence-corrected chi connectivity index (χ2v) is 4.50. The van der Waals surface area contributed by atoms with E-state index < -0.39 is 0 Å². The van der Waals surface area contributed by atoms with Crippen LogP contribution in [0.15, 0.2) is 24.3 Å². The molecular formula is C13H16N2O. The summed E-state index contributed by atoms with van der Waals surface area (Å²) >= 11 is 0. The number of ether oxygens (including phenoxy) is 1. The fourth-order valence-corrected chi connectivity index (χ4v) is 2.50. The number of benzene rings is 1. The Morgan fingerprint density at radius 2 is 2.00 bits per heavy atom. The van der Waals surface area contributed by atoms with Gasteiger partial charge in [0.25, 0.3) is 0 Å². The molecule has 3 nitrogen and oxygen atoms in total. The first-order valence-electron chi connectivity index (χ1n) is 5.92. The Bertz CT molecular complexity index is 385. The molecular weight excluding hydrogens is 200 g/mol. The molecule has 16 heavy (non-hydrogen) atoms. The fourth-order valence-electron chi connectivity index (χ4n) is 2.50. The van der Waals surface area contributed by atoms with Crippen molar-refractivity contribution in [1.29, 1.82) is 5.41 Å². The lowest BCUT2D eigenvalue weighted by Crippen LogP contribution is -2.39. The molecule has 0 radical (unpaired) electrons. The van der Waals surface area contributed by atoms with Crippen molar-refractivity contribution < 1.29 is 4.74 Å². The quantitative estimate of drug-likeness (QED) is 0.576. The van der Waals surface area contributed by atoms with Gasteiger partial charge in [-0.25, -0.2) is 0 Å². The topological polar surface area (TPSA) is 36.3 Å². The molecule has 1 aromatic carbocycles. The Morgan fingerprint density at radius 3 is 2.75 bits per heavy atom. The third kappa shape index (κ3) is 1.56. The Kier molecular flexibility index (Phi) is 2.31. The number of likely N-dealkylation sites (tertiary alicyclic amines) is 1. The number of hydrogen-bond donors (Lipinski definition) is 1. The standard InChI is InChI=1S/C13H16N2O/c14-13(15-7-3-4-8-15)12-9-10-5-1-2-6-11(10)16-12/h1-2,5-6,12,14H,3-4,7-9H2. The average Bonchev–Trinajstić information content (AvgIpc) is 2.97. The molecule has 0 amide bonds. The Morgan fingerprint density at radius 1 is 1.25 bits per heavy atom. The van der Waals surface area contributed by atoms with Crippen LogP contribution in [-0.4, -0.2) is 29.9 Å². The lowest BCUT2D eigenvalue weighted by molar-refractivity contribution is 0.277. The highest BCUT2D eigenvalue weighted by Crippen LogP contribution is 2.29. The lowest BCUT2D eigenvalue weighted by Gasteiger charge is -2.22. The van der Waals surface area contributed by atoms with E-state index >= 15 is 0 Å². The number of nitrogens with zero attached hydrogens (tertiary/aromatic N) is 1. The van der Waals surface area contributed by atoms with E-state index in [9.17, 15) is 0 Å². The van der Waals surface area contributed by atoms with Crippen molar-refractivity contribution in [3.05, 3.63) is 29.8 Å². The zero-order valence-corrected chi connectivity index (χ0v) is 9.28. The van der Waals surface area contributed by atoms with Gasteiger partial charge in [0.15, 0.2) is 6.10 Å². The largest absolute Gasteiger partial charge is 0.482 e. The summed E-state index contributed by atoms with van der Waals surface area (Å²) in [6, 6.07) is 8.10. The summed E-state index contributed by atoms with van der Waals surface area (Å²) in [7, 11) is 0. The first-order valence-corrected chi connectivity index (χ1v) is 5.92. The molecule has 0 bridgehead atoms. The van der Waals surface area contributed by atoms with Crippen LogP contribution in [0.25, 0.3) is 0 Å². The molecule has 1 N–H and O–H groups in total. The fraction of sp³-hybridized carbons (Fsp3) is 0.462. The molecule has 3 heteroatoms. The van der Waals surface area contributed by atoms with E-state index in [2.05, 4.69) is 11.0 Å². The van der Waals surface area contributed by atoms with E-state index in [-0.39, 0.29) is 6.10 Å². The van der Waals surface area contributed by atoms with Crippen molar-refractivity contribution in [2.24, 2.45) is 0 Å². The van der Waals surface area contributed by atoms with Crippen molar-refractivity contribution >= 4 is 5.84 Å². The van der Waals surface area contributed by atoms with Crippen molar-refractivity contribution in [2.45, 2.75) is 25.4 Å². The minimum atomic E-state index is -0.0597. The number of rotatable bonds is 1. The molecule has 1 fully saturated rings. The second kappa shape index (κ2) is 3.81. The molecule has 0 spiro atoms. The van der Waals surface area contributed by atoms with Gasteiger partial charge in [0.1, 0.15) is 11.6 Å². The maximum Gasteiger partial charge on any atom is 0.159 e. The van der Waals surface area contributed by atoms with E-state index in [0.717, 1.165) is 25.3 Å². The summed E-state index contributed by atoms with van der Waals surface area (Å²) in [5, 5.41) is 8.16. The van der Waals surface area contributed by atoms with Gasteiger partial charge in [-0.3, -0.25) is 5.41 Å². The molecule has 0 saturated carbocycles. The van der Waals surface area contributed by atoms with E-state index in [1.807, 2.05) is 18.2 Å². The Balaban J connectivity index is 1.73. The van der Waals surface area contributed by atoms with Gasteiger partial charge in [-0.05, 0) is 24.5 Å². The van der Waals surface area contributed by atoms with Gasteiger partial charge in [-0.15, -0.1) is 0 Å². The van der Waals surface area contributed by atoms with Crippen LogP contribution in [0.2, 0.25) is 0 Å². The molecule has 1 atom stereocenters. The molecule has 2 aliphatic heterocycles. The van der Waals surface area contributed by atoms with Crippen LogP contribution < -0.4 is 4.74 Å². The molecule has 84 valence electrons. The first kappa shape index (κ1) is 9.70. The summed E-state index contributed by atoms with van der Waals surface area (Å²) in [5.41, 5.74) is 1.23. The number of amidine groups is 1. The highest BCUT2D eigenvalue weighted by molar-refractivity contribution is 5.85. The summed E-state index contributed by atoms with van der Waals surface area (Å²) in [6.07, 6.45) is 3.21. The minimum Gasteiger partial charge on any atom is -0.482 e. The van der Waals surface area contributed by atoms with Gasteiger partial charge in [0.2, 0.25) is 0 Å². The highest BCUT2D eigenvalue weighted by atomic mass is 16.5. The van der Waals surface area contributed by atoms with Crippen LogP contribution in [-0.2, 0) is 6.42 Å². The average molecular weight is 216 g/mol. The van der Waals surface area contributed by atoms with Gasteiger partial charge < -0.3 is 9.64 Å². The first-order chi connectivity index (χ1) is 7.84. The second-order valence-electron chi connectivity index (χ2n) is 4.50. The van der Waals surface area contributed by atoms with Crippen LogP contribution >= 0.6 is 0 Å². The monoisotopic (exact) mass is 216 g/mol. The summed E-state index contributed by atoms with van der Waals surface area (Å²) in [6.45, 7) is 2.05. The molecule has 1 unspecified atom stereocenters. The van der Waals surface area contributed by atoms with Crippen molar-refractivity contribution in [2.75, 3.05) is 13.1 Å². The van der Waals surface area contributed by atoms with E-state index in [1.54, 1.807) is 0 Å². The Hall–Kier alpha value is -1.51. The zero-order valence-electron chi connectivity index (χ0n) is 9.28. The predicted molar refractivity (Wildman–Crippen MR) is 63.1 cm³/mol. The molecule has 0 aliphatic carbocycles. The van der Waals surface area contributed by atoms with Crippen molar-refractivity contribution in [1.82, 2.24) is 4.90 Å². The third-order valence-electron chi connectivity index (χ3n) is 3.40. The molecule has 3 rings (SSSR count). The number of nitrogens with one attached hydrogen (secondary N) is 1. The van der Waals surface area contributed by atoms with Gasteiger partial charge in [-0.1, -0.05) is 18.2 Å². The SMILES string of the molecule is N=C(C1Cc2ccccc2O1)N1CCCC1. The Labute approximate surface area is 95.5 Å².